The van der Waals surface area contributed by atoms with Gasteiger partial charge in [-0.05, 0) is 30.1 Å². The van der Waals surface area contributed by atoms with Crippen LogP contribution in [0.25, 0.3) is 0 Å². The number of hydrogen-bond acceptors (Lipinski definition) is 5. The maximum absolute atomic E-state index is 5.71. The van der Waals surface area contributed by atoms with Crippen molar-refractivity contribution in [1.29, 1.82) is 0 Å². The number of halogens is 2. The number of rotatable bonds is 1. The van der Waals surface area contributed by atoms with E-state index in [1.54, 1.807) is 0 Å². The van der Waals surface area contributed by atoms with E-state index < -0.39 is 0 Å². The lowest BCUT2D eigenvalue weighted by molar-refractivity contribution is 0.0980. The predicted molar refractivity (Wildman–Crippen MR) is 57.5 cm³/mol. The minimum absolute atomic E-state index is 0.115. The highest BCUT2D eigenvalue weighted by molar-refractivity contribution is 6.31. The van der Waals surface area contributed by atoms with Crippen LogP contribution in [0.15, 0.2) is 0 Å². The number of hydrogen-bond donors (Lipinski definition) is 0. The molecule has 0 saturated carbocycles. The summed E-state index contributed by atoms with van der Waals surface area (Å²) in [4.78, 5) is 13.8. The molecule has 15 heavy (non-hydrogen) atoms. The van der Waals surface area contributed by atoms with Gasteiger partial charge in [0, 0.05) is 6.54 Å². The number of nitrogens with zero attached hydrogens (tertiary/aromatic N) is 4. The predicted octanol–water partition coefficient (Wildman–Crippen LogP) is 1.40. The fraction of sp³-hybridized carbons (Fsp3) is 0.625. The highest BCUT2D eigenvalue weighted by atomic mass is 35.5. The first kappa shape index (κ1) is 10.9. The number of aromatic nitrogens is 3. The summed E-state index contributed by atoms with van der Waals surface area (Å²) in [6.45, 7) is 4.08. The number of morpholine rings is 1. The first-order valence-corrected chi connectivity index (χ1v) is 5.34. The molecule has 1 saturated heterocycles. The van der Waals surface area contributed by atoms with Crippen LogP contribution in [0.3, 0.4) is 0 Å². The largest absolute Gasteiger partial charge is 0.377 e. The van der Waals surface area contributed by atoms with Crippen molar-refractivity contribution >= 4 is 29.2 Å². The Kier molecular flexibility index (Phi) is 3.23. The van der Waals surface area contributed by atoms with Gasteiger partial charge in [0.2, 0.25) is 16.5 Å². The van der Waals surface area contributed by atoms with E-state index in [2.05, 4.69) is 15.0 Å². The van der Waals surface area contributed by atoms with Crippen LogP contribution in [0.1, 0.15) is 6.92 Å². The van der Waals surface area contributed by atoms with Gasteiger partial charge in [-0.15, -0.1) is 0 Å². The molecule has 1 aromatic rings. The van der Waals surface area contributed by atoms with E-state index >= 15 is 0 Å². The molecule has 1 fully saturated rings. The molecule has 0 amide bonds. The normalized spacial score (nSPS) is 21.8. The summed E-state index contributed by atoms with van der Waals surface area (Å²) in [5.41, 5.74) is 0. The first-order valence-electron chi connectivity index (χ1n) is 4.58. The minimum atomic E-state index is 0.115. The fourth-order valence-corrected chi connectivity index (χ4v) is 1.82. The van der Waals surface area contributed by atoms with E-state index in [4.69, 9.17) is 27.9 Å². The average Bonchev–Trinajstić information content (AvgIpc) is 2.16. The van der Waals surface area contributed by atoms with Crippen molar-refractivity contribution in [2.45, 2.75) is 13.0 Å². The van der Waals surface area contributed by atoms with Crippen LogP contribution >= 0.6 is 23.2 Å². The molecular formula is C8H10Cl2N4O. The lowest BCUT2D eigenvalue weighted by Gasteiger charge is -2.33. The Morgan fingerprint density at radius 1 is 1.27 bits per heavy atom. The van der Waals surface area contributed by atoms with Crippen LogP contribution in [0.2, 0.25) is 10.6 Å². The summed E-state index contributed by atoms with van der Waals surface area (Å²) in [7, 11) is 0. The van der Waals surface area contributed by atoms with Crippen molar-refractivity contribution in [2.75, 3.05) is 24.7 Å². The molecule has 0 aliphatic carbocycles. The second-order valence-electron chi connectivity index (χ2n) is 3.29. The van der Waals surface area contributed by atoms with E-state index in [1.165, 1.54) is 0 Å². The quantitative estimate of drug-likeness (QED) is 0.753. The summed E-state index contributed by atoms with van der Waals surface area (Å²) in [5.74, 6) is 0.510. The molecule has 5 nitrogen and oxygen atoms in total. The van der Waals surface area contributed by atoms with Crippen molar-refractivity contribution in [3.63, 3.8) is 0 Å². The third-order valence-electron chi connectivity index (χ3n) is 2.19. The smallest absolute Gasteiger partial charge is 0.231 e. The zero-order valence-corrected chi connectivity index (χ0v) is 9.66. The number of anilines is 1. The van der Waals surface area contributed by atoms with Crippen molar-refractivity contribution in [2.24, 2.45) is 0 Å². The molecule has 0 bridgehead atoms. The lowest BCUT2D eigenvalue weighted by Crippen LogP contribution is -2.44. The van der Waals surface area contributed by atoms with Crippen LogP contribution in [0.4, 0.5) is 5.95 Å². The zero-order valence-electron chi connectivity index (χ0n) is 8.15. The maximum atomic E-state index is 5.71. The van der Waals surface area contributed by atoms with Crippen LogP contribution in [-0.4, -0.2) is 40.8 Å². The van der Waals surface area contributed by atoms with E-state index in [0.29, 0.717) is 19.2 Å². The monoisotopic (exact) mass is 248 g/mol. The zero-order chi connectivity index (χ0) is 10.8. The van der Waals surface area contributed by atoms with Crippen LogP contribution < -0.4 is 4.90 Å². The Bertz CT molecular complexity index is 342. The highest BCUT2D eigenvalue weighted by Gasteiger charge is 2.22. The van der Waals surface area contributed by atoms with Crippen LogP contribution in [-0.2, 0) is 4.74 Å². The van der Waals surface area contributed by atoms with Gasteiger partial charge >= 0.3 is 0 Å². The third-order valence-corrected chi connectivity index (χ3v) is 2.53. The Morgan fingerprint density at radius 3 is 2.53 bits per heavy atom. The molecule has 0 N–H and O–H groups in total. The minimum Gasteiger partial charge on any atom is -0.377 e. The topological polar surface area (TPSA) is 51.1 Å². The molecule has 2 heterocycles. The van der Waals surface area contributed by atoms with Crippen molar-refractivity contribution in [1.82, 2.24) is 15.0 Å². The Balaban J connectivity index is 2.27. The van der Waals surface area contributed by atoms with Gasteiger partial charge in [-0.25, -0.2) is 0 Å². The number of ether oxygens (including phenoxy) is 1. The summed E-state index contributed by atoms with van der Waals surface area (Å²) >= 11 is 11.4. The van der Waals surface area contributed by atoms with E-state index in [1.807, 2.05) is 11.8 Å². The van der Waals surface area contributed by atoms with Crippen molar-refractivity contribution in [3.8, 4) is 0 Å². The molecule has 82 valence electrons. The van der Waals surface area contributed by atoms with E-state index in [0.717, 1.165) is 6.54 Å². The summed E-state index contributed by atoms with van der Waals surface area (Å²) in [5, 5.41) is 0.229. The molecule has 0 radical (unpaired) electrons. The molecule has 0 spiro atoms. The van der Waals surface area contributed by atoms with Gasteiger partial charge in [-0.1, -0.05) is 0 Å². The SMILES string of the molecule is C[C@H]1COCCN1c1nc(Cl)nc(Cl)n1. The summed E-state index contributed by atoms with van der Waals surface area (Å²) < 4.78 is 5.32. The Hall–Kier alpha value is -0.650. The van der Waals surface area contributed by atoms with E-state index in [9.17, 15) is 0 Å². The summed E-state index contributed by atoms with van der Waals surface area (Å²) in [6.07, 6.45) is 0. The molecule has 7 heteroatoms. The van der Waals surface area contributed by atoms with Gasteiger partial charge in [0.25, 0.3) is 0 Å². The van der Waals surface area contributed by atoms with Gasteiger partial charge in [0.15, 0.2) is 0 Å². The standard InChI is InChI=1S/C8H10Cl2N4O/c1-5-4-15-3-2-14(5)8-12-6(9)11-7(10)13-8/h5H,2-4H2,1H3/t5-/m0/s1. The maximum Gasteiger partial charge on any atom is 0.231 e. The van der Waals surface area contributed by atoms with Gasteiger partial charge in [-0.2, -0.15) is 15.0 Å². The first-order chi connectivity index (χ1) is 7.16. The molecule has 1 aliphatic heterocycles. The molecule has 0 unspecified atom stereocenters. The van der Waals surface area contributed by atoms with Crippen LogP contribution in [0, 0.1) is 0 Å². The summed E-state index contributed by atoms with van der Waals surface area (Å²) in [6, 6.07) is 0.216. The molecule has 0 aromatic carbocycles. The molecule has 1 aliphatic rings. The Labute approximate surface area is 97.4 Å². The molecule has 1 aromatic heterocycles. The lowest BCUT2D eigenvalue weighted by atomic mass is 10.3. The van der Waals surface area contributed by atoms with Crippen molar-refractivity contribution in [3.05, 3.63) is 10.6 Å². The van der Waals surface area contributed by atoms with Crippen LogP contribution in [0.5, 0.6) is 0 Å². The van der Waals surface area contributed by atoms with Gasteiger partial charge in [0.1, 0.15) is 0 Å². The third kappa shape index (κ3) is 2.48. The molecule has 2 rings (SSSR count). The highest BCUT2D eigenvalue weighted by Crippen LogP contribution is 2.18. The second-order valence-corrected chi connectivity index (χ2v) is 3.97. The van der Waals surface area contributed by atoms with Gasteiger partial charge in [0.05, 0.1) is 19.3 Å². The Morgan fingerprint density at radius 2 is 1.93 bits per heavy atom. The van der Waals surface area contributed by atoms with Gasteiger partial charge < -0.3 is 9.64 Å². The average molecular weight is 249 g/mol. The van der Waals surface area contributed by atoms with Gasteiger partial charge in [-0.3, -0.25) is 0 Å². The fourth-order valence-electron chi connectivity index (χ4n) is 1.47. The molecule has 1 atom stereocenters. The van der Waals surface area contributed by atoms with E-state index in [-0.39, 0.29) is 16.6 Å². The second kappa shape index (κ2) is 4.47. The van der Waals surface area contributed by atoms with Crippen molar-refractivity contribution < 1.29 is 4.74 Å². The molecular weight excluding hydrogens is 239 g/mol.